The molecular formula is C12H14N2OS2. The van der Waals surface area contributed by atoms with Crippen LogP contribution in [0.1, 0.15) is 27.9 Å². The van der Waals surface area contributed by atoms with Crippen LogP contribution in [0.3, 0.4) is 0 Å². The molecule has 0 radical (unpaired) electrons. The molecule has 5 heteroatoms. The van der Waals surface area contributed by atoms with Gasteiger partial charge in [0.2, 0.25) is 0 Å². The summed E-state index contributed by atoms with van der Waals surface area (Å²) in [6.45, 7) is 4.29. The molecule has 0 atom stereocenters. The predicted molar refractivity (Wildman–Crippen MR) is 73.4 cm³/mol. The number of thiophene rings is 1. The van der Waals surface area contributed by atoms with Gasteiger partial charge in [0.25, 0.3) is 0 Å². The van der Waals surface area contributed by atoms with Crippen molar-refractivity contribution in [3.8, 4) is 0 Å². The van der Waals surface area contributed by atoms with E-state index in [0.717, 1.165) is 29.2 Å². The van der Waals surface area contributed by atoms with E-state index in [1.807, 2.05) is 6.92 Å². The van der Waals surface area contributed by atoms with Gasteiger partial charge >= 0.3 is 0 Å². The van der Waals surface area contributed by atoms with Gasteiger partial charge in [0.15, 0.2) is 5.78 Å². The molecule has 2 heterocycles. The Morgan fingerprint density at radius 3 is 3.00 bits per heavy atom. The fraction of sp³-hybridized carbons (Fsp3) is 0.333. The average Bonchev–Trinajstić information content (AvgIpc) is 2.88. The lowest BCUT2D eigenvalue weighted by atomic mass is 10.2. The van der Waals surface area contributed by atoms with Crippen LogP contribution in [0.4, 0.5) is 5.00 Å². The second-order valence-electron chi connectivity index (χ2n) is 3.78. The van der Waals surface area contributed by atoms with Gasteiger partial charge in [0, 0.05) is 11.4 Å². The first-order valence-corrected chi connectivity index (χ1v) is 7.07. The van der Waals surface area contributed by atoms with E-state index in [1.165, 1.54) is 16.4 Å². The third kappa shape index (κ3) is 2.92. The number of anilines is 1. The number of ketones is 1. The van der Waals surface area contributed by atoms with E-state index in [4.69, 9.17) is 0 Å². The van der Waals surface area contributed by atoms with Gasteiger partial charge in [-0.3, -0.25) is 4.79 Å². The fourth-order valence-corrected chi connectivity index (χ4v) is 3.24. The van der Waals surface area contributed by atoms with Gasteiger partial charge in [0.05, 0.1) is 11.3 Å². The number of aryl methyl sites for hydroxylation is 1. The Morgan fingerprint density at radius 2 is 2.35 bits per heavy atom. The Balaban J connectivity index is 1.97. The van der Waals surface area contributed by atoms with Gasteiger partial charge in [-0.05, 0) is 43.2 Å². The Bertz CT molecular complexity index is 503. The Hall–Kier alpha value is -1.20. The van der Waals surface area contributed by atoms with Crippen LogP contribution in [0, 0.1) is 6.92 Å². The number of rotatable bonds is 5. The topological polar surface area (TPSA) is 42.0 Å². The van der Waals surface area contributed by atoms with Gasteiger partial charge in [0.1, 0.15) is 5.00 Å². The molecule has 0 saturated carbocycles. The molecule has 0 unspecified atom stereocenters. The van der Waals surface area contributed by atoms with Crippen molar-refractivity contribution in [2.24, 2.45) is 0 Å². The van der Waals surface area contributed by atoms with Crippen molar-refractivity contribution in [1.82, 2.24) is 4.37 Å². The number of nitrogens with zero attached hydrogens (tertiary/aromatic N) is 1. The zero-order chi connectivity index (χ0) is 12.3. The van der Waals surface area contributed by atoms with Gasteiger partial charge in [-0.2, -0.15) is 4.37 Å². The summed E-state index contributed by atoms with van der Waals surface area (Å²) in [6.07, 6.45) is 0.978. The smallest absolute Gasteiger partial charge is 0.164 e. The van der Waals surface area contributed by atoms with Gasteiger partial charge in [-0.25, -0.2) is 0 Å². The molecule has 0 fully saturated rings. The molecule has 0 aromatic carbocycles. The molecule has 2 aromatic heterocycles. The van der Waals surface area contributed by atoms with Gasteiger partial charge < -0.3 is 5.32 Å². The zero-order valence-electron chi connectivity index (χ0n) is 9.82. The highest BCUT2D eigenvalue weighted by Crippen LogP contribution is 2.24. The Kier molecular flexibility index (Phi) is 3.91. The van der Waals surface area contributed by atoms with E-state index in [0.29, 0.717) is 0 Å². The zero-order valence-corrected chi connectivity index (χ0v) is 11.5. The first kappa shape index (κ1) is 12.3. The van der Waals surface area contributed by atoms with Crippen LogP contribution in [-0.2, 0) is 6.42 Å². The highest BCUT2D eigenvalue weighted by Gasteiger charge is 2.14. The maximum absolute atomic E-state index is 11.5. The summed E-state index contributed by atoms with van der Waals surface area (Å²) in [5.41, 5.74) is 1.56. The van der Waals surface area contributed by atoms with E-state index in [2.05, 4.69) is 27.2 Å². The number of Topliss-reactive ketones (excluding diaryl/α,β-unsaturated/α-hetero) is 1. The number of carbonyl (C=O) groups is 1. The molecule has 0 aliphatic rings. The van der Waals surface area contributed by atoms with Crippen LogP contribution < -0.4 is 5.32 Å². The standard InChI is InChI=1S/C12H14N2OS2/c1-8-11(9(2)15)12(17-14-8)13-6-5-10-4-3-7-16-10/h3-4,7,13H,5-6H2,1-2H3. The van der Waals surface area contributed by atoms with E-state index in [-0.39, 0.29) is 5.78 Å². The first-order valence-electron chi connectivity index (χ1n) is 5.42. The highest BCUT2D eigenvalue weighted by molar-refractivity contribution is 7.10. The third-order valence-corrected chi connectivity index (χ3v) is 4.28. The number of carbonyl (C=O) groups excluding carboxylic acids is 1. The van der Waals surface area contributed by atoms with Crippen LogP contribution in [0.5, 0.6) is 0 Å². The number of aromatic nitrogens is 1. The van der Waals surface area contributed by atoms with Crippen molar-refractivity contribution in [2.45, 2.75) is 20.3 Å². The maximum atomic E-state index is 11.5. The van der Waals surface area contributed by atoms with E-state index >= 15 is 0 Å². The summed E-state index contributed by atoms with van der Waals surface area (Å²) < 4.78 is 4.21. The first-order chi connectivity index (χ1) is 8.18. The molecule has 0 aliphatic heterocycles. The van der Waals surface area contributed by atoms with Crippen LogP contribution in [-0.4, -0.2) is 16.7 Å². The maximum Gasteiger partial charge on any atom is 0.164 e. The molecular weight excluding hydrogens is 252 g/mol. The van der Waals surface area contributed by atoms with Crippen LogP contribution in [0.25, 0.3) is 0 Å². The summed E-state index contributed by atoms with van der Waals surface area (Å²) in [5.74, 6) is 0.0786. The van der Waals surface area contributed by atoms with E-state index < -0.39 is 0 Å². The fourth-order valence-electron chi connectivity index (χ4n) is 1.66. The lowest BCUT2D eigenvalue weighted by Gasteiger charge is -2.04. The molecule has 90 valence electrons. The second-order valence-corrected chi connectivity index (χ2v) is 5.59. The third-order valence-electron chi connectivity index (χ3n) is 2.45. The molecule has 0 saturated heterocycles. The average molecular weight is 266 g/mol. The highest BCUT2D eigenvalue weighted by atomic mass is 32.1. The van der Waals surface area contributed by atoms with Crippen molar-refractivity contribution < 1.29 is 4.79 Å². The Labute approximate surface area is 109 Å². The number of hydrogen-bond donors (Lipinski definition) is 1. The molecule has 0 spiro atoms. The quantitative estimate of drug-likeness (QED) is 0.844. The number of hydrogen-bond acceptors (Lipinski definition) is 5. The van der Waals surface area contributed by atoms with Crippen LogP contribution >= 0.6 is 22.9 Å². The van der Waals surface area contributed by atoms with Crippen molar-refractivity contribution in [3.05, 3.63) is 33.6 Å². The molecule has 0 amide bonds. The van der Waals surface area contributed by atoms with Gasteiger partial charge in [-0.15, -0.1) is 11.3 Å². The van der Waals surface area contributed by atoms with Crippen molar-refractivity contribution in [1.29, 1.82) is 0 Å². The Morgan fingerprint density at radius 1 is 1.53 bits per heavy atom. The molecule has 0 bridgehead atoms. The molecule has 2 rings (SSSR count). The minimum absolute atomic E-state index is 0.0786. The van der Waals surface area contributed by atoms with Crippen molar-refractivity contribution in [2.75, 3.05) is 11.9 Å². The minimum atomic E-state index is 0.0786. The monoisotopic (exact) mass is 266 g/mol. The van der Waals surface area contributed by atoms with Crippen molar-refractivity contribution >= 4 is 33.7 Å². The molecule has 17 heavy (non-hydrogen) atoms. The SMILES string of the molecule is CC(=O)c1c(C)nsc1NCCc1cccs1. The lowest BCUT2D eigenvalue weighted by Crippen LogP contribution is -2.06. The summed E-state index contributed by atoms with van der Waals surface area (Å²) >= 11 is 3.12. The van der Waals surface area contributed by atoms with E-state index in [1.54, 1.807) is 18.3 Å². The molecule has 0 aliphatic carbocycles. The van der Waals surface area contributed by atoms with Crippen molar-refractivity contribution in [3.63, 3.8) is 0 Å². The normalized spacial score (nSPS) is 10.5. The molecule has 3 nitrogen and oxygen atoms in total. The summed E-state index contributed by atoms with van der Waals surface area (Å²) in [7, 11) is 0. The van der Waals surface area contributed by atoms with E-state index in [9.17, 15) is 4.79 Å². The second kappa shape index (κ2) is 5.42. The summed E-state index contributed by atoms with van der Waals surface area (Å²) in [6, 6.07) is 4.17. The van der Waals surface area contributed by atoms with Crippen LogP contribution in [0.2, 0.25) is 0 Å². The summed E-state index contributed by atoms with van der Waals surface area (Å²) in [5, 5.41) is 6.27. The van der Waals surface area contributed by atoms with Crippen LogP contribution in [0.15, 0.2) is 17.5 Å². The van der Waals surface area contributed by atoms with Gasteiger partial charge in [-0.1, -0.05) is 6.07 Å². The number of nitrogens with one attached hydrogen (secondary N) is 1. The molecule has 2 aromatic rings. The molecule has 1 N–H and O–H groups in total. The predicted octanol–water partition coefficient (Wildman–Crippen LogP) is 3.37. The largest absolute Gasteiger partial charge is 0.375 e. The lowest BCUT2D eigenvalue weighted by molar-refractivity contribution is 0.101. The minimum Gasteiger partial charge on any atom is -0.375 e. The summed E-state index contributed by atoms with van der Waals surface area (Å²) in [4.78, 5) is 12.8.